The van der Waals surface area contributed by atoms with Gasteiger partial charge >= 0.3 is 5.97 Å². The fourth-order valence-corrected chi connectivity index (χ4v) is 4.44. The molecule has 21 heavy (non-hydrogen) atoms. The predicted molar refractivity (Wildman–Crippen MR) is 81.0 cm³/mol. The van der Waals surface area contributed by atoms with Gasteiger partial charge < -0.3 is 10.1 Å². The van der Waals surface area contributed by atoms with E-state index in [-0.39, 0.29) is 9.77 Å². The third-order valence-corrected chi connectivity index (χ3v) is 5.71. The van der Waals surface area contributed by atoms with E-state index in [4.69, 9.17) is 0 Å². The Bertz CT molecular complexity index is 634. The van der Waals surface area contributed by atoms with Gasteiger partial charge in [0, 0.05) is 13.1 Å². The van der Waals surface area contributed by atoms with Gasteiger partial charge in [0.2, 0.25) is 10.0 Å². The summed E-state index contributed by atoms with van der Waals surface area (Å²) in [5, 5.41) is 4.77. The topological polar surface area (TPSA) is 84.5 Å². The Labute approximate surface area is 128 Å². The first kappa shape index (κ1) is 16.2. The summed E-state index contributed by atoms with van der Waals surface area (Å²) in [4.78, 5) is 11.6. The molecule has 116 valence electrons. The molecule has 0 spiro atoms. The first-order valence-corrected chi connectivity index (χ1v) is 8.95. The standard InChI is InChI=1S/C13H18N2O4S2/c1-19-13(16)12-11(5-9-20-12)21(17,18)15-8-4-10-2-6-14-7-3-10/h2,5,9,14-15H,3-4,6-8H2,1H3. The minimum absolute atomic E-state index is 0.0151. The molecule has 0 radical (unpaired) electrons. The monoisotopic (exact) mass is 330 g/mol. The molecule has 1 aliphatic heterocycles. The van der Waals surface area contributed by atoms with E-state index in [1.54, 1.807) is 5.38 Å². The van der Waals surface area contributed by atoms with Crippen molar-refractivity contribution in [2.75, 3.05) is 26.7 Å². The van der Waals surface area contributed by atoms with E-state index in [0.29, 0.717) is 13.0 Å². The summed E-state index contributed by atoms with van der Waals surface area (Å²) in [6.45, 7) is 2.08. The molecule has 2 N–H and O–H groups in total. The van der Waals surface area contributed by atoms with Gasteiger partial charge in [-0.25, -0.2) is 17.9 Å². The van der Waals surface area contributed by atoms with Crippen molar-refractivity contribution in [1.82, 2.24) is 10.0 Å². The molecule has 1 aromatic rings. The molecule has 0 amide bonds. The lowest BCUT2D eigenvalue weighted by Gasteiger charge is -2.14. The van der Waals surface area contributed by atoms with Crippen LogP contribution < -0.4 is 10.0 Å². The number of nitrogens with one attached hydrogen (secondary N) is 2. The molecule has 0 aliphatic carbocycles. The Kier molecular flexibility index (Phi) is 5.51. The van der Waals surface area contributed by atoms with Crippen LogP contribution in [0.5, 0.6) is 0 Å². The predicted octanol–water partition coefficient (Wildman–Crippen LogP) is 1.12. The van der Waals surface area contributed by atoms with E-state index in [0.717, 1.165) is 30.8 Å². The Balaban J connectivity index is 2.00. The fraction of sp³-hybridized carbons (Fsp3) is 0.462. The van der Waals surface area contributed by atoms with Gasteiger partial charge in [0.1, 0.15) is 9.77 Å². The Morgan fingerprint density at radius 2 is 2.33 bits per heavy atom. The number of hydrogen-bond acceptors (Lipinski definition) is 6. The molecule has 1 aromatic heterocycles. The molecule has 6 nitrogen and oxygen atoms in total. The van der Waals surface area contributed by atoms with Crippen molar-refractivity contribution < 1.29 is 17.9 Å². The van der Waals surface area contributed by atoms with Crippen molar-refractivity contribution in [3.8, 4) is 0 Å². The highest BCUT2D eigenvalue weighted by molar-refractivity contribution is 7.89. The van der Waals surface area contributed by atoms with Crippen molar-refractivity contribution in [3.05, 3.63) is 28.0 Å². The molecular formula is C13H18N2O4S2. The molecule has 0 saturated carbocycles. The number of hydrogen-bond donors (Lipinski definition) is 2. The number of sulfonamides is 1. The largest absolute Gasteiger partial charge is 0.465 e. The van der Waals surface area contributed by atoms with Crippen molar-refractivity contribution in [3.63, 3.8) is 0 Å². The Hall–Kier alpha value is -1.22. The van der Waals surface area contributed by atoms with Gasteiger partial charge in [0.15, 0.2) is 0 Å². The summed E-state index contributed by atoms with van der Waals surface area (Å²) in [5.41, 5.74) is 1.25. The highest BCUT2D eigenvalue weighted by Crippen LogP contribution is 2.22. The van der Waals surface area contributed by atoms with Crippen molar-refractivity contribution in [1.29, 1.82) is 0 Å². The molecule has 0 atom stereocenters. The lowest BCUT2D eigenvalue weighted by atomic mass is 10.1. The summed E-state index contributed by atoms with van der Waals surface area (Å²) in [6.07, 6.45) is 3.70. The van der Waals surface area contributed by atoms with Crippen molar-refractivity contribution >= 4 is 27.3 Å². The molecule has 0 unspecified atom stereocenters. The lowest BCUT2D eigenvalue weighted by Crippen LogP contribution is -2.27. The summed E-state index contributed by atoms with van der Waals surface area (Å²) >= 11 is 1.06. The fourth-order valence-electron chi connectivity index (χ4n) is 2.07. The Morgan fingerprint density at radius 1 is 1.52 bits per heavy atom. The van der Waals surface area contributed by atoms with Crippen molar-refractivity contribution in [2.24, 2.45) is 0 Å². The maximum atomic E-state index is 12.2. The Morgan fingerprint density at radius 3 is 3.00 bits per heavy atom. The summed E-state index contributed by atoms with van der Waals surface area (Å²) in [5.74, 6) is -0.633. The molecule has 0 aromatic carbocycles. The van der Waals surface area contributed by atoms with Gasteiger partial charge in [-0.05, 0) is 30.8 Å². The maximum absolute atomic E-state index is 12.2. The number of carbonyl (C=O) groups excluding carboxylic acids is 1. The van der Waals surface area contributed by atoms with Gasteiger partial charge in [0.05, 0.1) is 7.11 Å². The molecule has 0 bridgehead atoms. The molecule has 0 saturated heterocycles. The van der Waals surface area contributed by atoms with E-state index in [1.807, 2.05) is 0 Å². The number of carbonyl (C=O) groups is 1. The first-order chi connectivity index (χ1) is 10.0. The average molecular weight is 330 g/mol. The summed E-state index contributed by atoms with van der Waals surface area (Å²) in [6, 6.07) is 1.42. The molecule has 8 heteroatoms. The molecule has 2 rings (SSSR count). The molecular weight excluding hydrogens is 312 g/mol. The van der Waals surface area contributed by atoms with Crippen LogP contribution in [-0.4, -0.2) is 41.1 Å². The second kappa shape index (κ2) is 7.17. The number of esters is 1. The van der Waals surface area contributed by atoms with Gasteiger partial charge in [-0.2, -0.15) is 0 Å². The van der Waals surface area contributed by atoms with E-state index < -0.39 is 16.0 Å². The highest BCUT2D eigenvalue weighted by atomic mass is 32.2. The van der Waals surface area contributed by atoms with Gasteiger partial charge in [-0.3, -0.25) is 0 Å². The number of methoxy groups -OCH3 is 1. The third-order valence-electron chi connectivity index (χ3n) is 3.19. The van der Waals surface area contributed by atoms with E-state index in [9.17, 15) is 13.2 Å². The average Bonchev–Trinajstić information content (AvgIpc) is 2.98. The van der Waals surface area contributed by atoms with E-state index in [1.165, 1.54) is 18.7 Å². The van der Waals surface area contributed by atoms with Gasteiger partial charge in [-0.1, -0.05) is 11.6 Å². The second-order valence-corrected chi connectivity index (χ2v) is 7.22. The van der Waals surface area contributed by atoms with Crippen LogP contribution in [0.25, 0.3) is 0 Å². The third kappa shape index (κ3) is 4.13. The van der Waals surface area contributed by atoms with Crippen LogP contribution >= 0.6 is 11.3 Å². The van der Waals surface area contributed by atoms with Gasteiger partial charge in [-0.15, -0.1) is 11.3 Å². The lowest BCUT2D eigenvalue weighted by molar-refractivity contribution is 0.0602. The van der Waals surface area contributed by atoms with Crippen LogP contribution in [0.3, 0.4) is 0 Å². The highest BCUT2D eigenvalue weighted by Gasteiger charge is 2.24. The number of thiophene rings is 1. The van der Waals surface area contributed by atoms with E-state index >= 15 is 0 Å². The molecule has 1 aliphatic rings. The molecule has 0 fully saturated rings. The summed E-state index contributed by atoms with van der Waals surface area (Å²) < 4.78 is 31.6. The minimum Gasteiger partial charge on any atom is -0.465 e. The van der Waals surface area contributed by atoms with Crippen LogP contribution in [0.4, 0.5) is 0 Å². The van der Waals surface area contributed by atoms with E-state index in [2.05, 4.69) is 20.9 Å². The minimum atomic E-state index is -3.69. The van der Waals surface area contributed by atoms with Crippen LogP contribution in [0.2, 0.25) is 0 Å². The smallest absolute Gasteiger partial charge is 0.349 e. The summed E-state index contributed by atoms with van der Waals surface area (Å²) in [7, 11) is -2.46. The van der Waals surface area contributed by atoms with Gasteiger partial charge in [0.25, 0.3) is 0 Å². The number of rotatable bonds is 6. The van der Waals surface area contributed by atoms with Crippen LogP contribution in [0.1, 0.15) is 22.5 Å². The SMILES string of the molecule is COC(=O)c1sccc1S(=O)(=O)NCCC1=CCNCC1. The van der Waals surface area contributed by atoms with Crippen LogP contribution in [0.15, 0.2) is 28.0 Å². The first-order valence-electron chi connectivity index (χ1n) is 6.58. The zero-order valence-corrected chi connectivity index (χ0v) is 13.4. The number of ether oxygens (including phenoxy) is 1. The van der Waals surface area contributed by atoms with Crippen molar-refractivity contribution in [2.45, 2.75) is 17.7 Å². The maximum Gasteiger partial charge on any atom is 0.349 e. The normalized spacial score (nSPS) is 15.6. The second-order valence-electron chi connectivity index (χ2n) is 4.57. The quantitative estimate of drug-likeness (QED) is 0.603. The van der Waals surface area contributed by atoms with Crippen LogP contribution in [0, 0.1) is 0 Å². The zero-order valence-electron chi connectivity index (χ0n) is 11.7. The zero-order chi connectivity index (χ0) is 15.3. The van der Waals surface area contributed by atoms with Crippen LogP contribution in [-0.2, 0) is 14.8 Å². The molecule has 2 heterocycles.